The number of hydrogen-bond donors (Lipinski definition) is 1. The lowest BCUT2D eigenvalue weighted by molar-refractivity contribution is -0.125. The minimum atomic E-state index is -0.819. The van der Waals surface area contributed by atoms with E-state index in [1.54, 1.807) is 12.1 Å². The van der Waals surface area contributed by atoms with Crippen molar-refractivity contribution in [1.29, 1.82) is 5.26 Å². The first-order chi connectivity index (χ1) is 11.6. The van der Waals surface area contributed by atoms with Crippen molar-refractivity contribution in [2.24, 2.45) is 0 Å². The molecule has 0 aromatic heterocycles. The van der Waals surface area contributed by atoms with Crippen LogP contribution in [0.25, 0.3) is 0 Å². The molecule has 1 saturated carbocycles. The van der Waals surface area contributed by atoms with Crippen molar-refractivity contribution < 1.29 is 23.8 Å². The van der Waals surface area contributed by atoms with E-state index in [1.807, 2.05) is 0 Å². The van der Waals surface area contributed by atoms with Crippen LogP contribution >= 0.6 is 0 Å². The third-order valence-corrected chi connectivity index (χ3v) is 4.16. The average molecular weight is 330 g/mol. The van der Waals surface area contributed by atoms with Crippen molar-refractivity contribution in [3.05, 3.63) is 23.8 Å². The number of fused-ring (bicyclic) bond motifs is 1. The highest BCUT2D eigenvalue weighted by Crippen LogP contribution is 2.31. The molecule has 24 heavy (non-hydrogen) atoms. The van der Waals surface area contributed by atoms with Gasteiger partial charge in [0.15, 0.2) is 18.1 Å². The Morgan fingerprint density at radius 2 is 1.92 bits per heavy atom. The summed E-state index contributed by atoms with van der Waals surface area (Å²) in [6.45, 7) is 0.471. The molecule has 1 aliphatic heterocycles. The molecule has 7 nitrogen and oxygen atoms in total. The van der Waals surface area contributed by atoms with E-state index in [9.17, 15) is 14.9 Å². The summed E-state index contributed by atoms with van der Waals surface area (Å²) in [4.78, 5) is 24.0. The lowest BCUT2D eigenvalue weighted by Gasteiger charge is -2.21. The van der Waals surface area contributed by atoms with E-state index in [0.717, 1.165) is 12.8 Å². The van der Waals surface area contributed by atoms with Gasteiger partial charge in [0.05, 0.1) is 11.6 Å². The van der Waals surface area contributed by atoms with E-state index in [0.29, 0.717) is 37.6 Å². The van der Waals surface area contributed by atoms with Crippen LogP contribution in [-0.2, 0) is 9.53 Å². The molecule has 0 spiro atoms. The van der Waals surface area contributed by atoms with Gasteiger partial charge in [0.25, 0.3) is 5.91 Å². The van der Waals surface area contributed by atoms with Gasteiger partial charge in [-0.25, -0.2) is 4.79 Å². The molecule has 0 unspecified atom stereocenters. The molecule has 0 bridgehead atoms. The maximum absolute atomic E-state index is 12.1. The Morgan fingerprint density at radius 3 is 2.62 bits per heavy atom. The summed E-state index contributed by atoms with van der Waals surface area (Å²) in [5.74, 6) is -0.0359. The summed E-state index contributed by atoms with van der Waals surface area (Å²) in [6, 6.07) is 6.88. The van der Waals surface area contributed by atoms with Gasteiger partial charge in [-0.15, -0.1) is 0 Å². The molecule has 126 valence electrons. The Morgan fingerprint density at radius 1 is 1.21 bits per heavy atom. The molecule has 1 heterocycles. The van der Waals surface area contributed by atoms with Gasteiger partial charge in [-0.3, -0.25) is 4.79 Å². The van der Waals surface area contributed by atoms with Gasteiger partial charge < -0.3 is 19.5 Å². The van der Waals surface area contributed by atoms with Gasteiger partial charge in [0, 0.05) is 0 Å². The monoisotopic (exact) mass is 330 g/mol. The van der Waals surface area contributed by atoms with Crippen LogP contribution in [0, 0.1) is 11.3 Å². The third kappa shape index (κ3) is 3.43. The van der Waals surface area contributed by atoms with Crippen LogP contribution in [0.4, 0.5) is 0 Å². The minimum absolute atomic E-state index is 0.280. The fraction of sp³-hybridized carbons (Fsp3) is 0.471. The number of benzene rings is 1. The third-order valence-electron chi connectivity index (χ3n) is 4.16. The fourth-order valence-electron chi connectivity index (χ4n) is 2.93. The Balaban J connectivity index is 1.55. The number of nitrogens with zero attached hydrogens (tertiary/aromatic N) is 1. The zero-order chi connectivity index (χ0) is 17.0. The van der Waals surface area contributed by atoms with E-state index in [-0.39, 0.29) is 5.56 Å². The van der Waals surface area contributed by atoms with Crippen LogP contribution in [-0.4, -0.2) is 37.2 Å². The Labute approximate surface area is 139 Å². The zero-order valence-corrected chi connectivity index (χ0v) is 13.2. The summed E-state index contributed by atoms with van der Waals surface area (Å²) in [5.41, 5.74) is -0.538. The van der Waals surface area contributed by atoms with E-state index < -0.39 is 24.0 Å². The second-order valence-electron chi connectivity index (χ2n) is 5.88. The van der Waals surface area contributed by atoms with Crippen molar-refractivity contribution in [1.82, 2.24) is 5.32 Å². The quantitative estimate of drug-likeness (QED) is 0.842. The van der Waals surface area contributed by atoms with Gasteiger partial charge in [0.2, 0.25) is 0 Å². The molecule has 0 saturated heterocycles. The summed E-state index contributed by atoms with van der Waals surface area (Å²) < 4.78 is 15.8. The molecule has 2 aliphatic rings. The largest absolute Gasteiger partial charge is 0.486 e. The number of ether oxygens (including phenoxy) is 3. The predicted octanol–water partition coefficient (Wildman–Crippen LogP) is 1.57. The van der Waals surface area contributed by atoms with Crippen LogP contribution in [0.2, 0.25) is 0 Å². The predicted molar refractivity (Wildman–Crippen MR) is 82.7 cm³/mol. The van der Waals surface area contributed by atoms with Crippen molar-refractivity contribution in [3.63, 3.8) is 0 Å². The molecule has 1 aromatic carbocycles. The van der Waals surface area contributed by atoms with Gasteiger partial charge in [0.1, 0.15) is 18.8 Å². The SMILES string of the molecule is N#CC1(NC(=O)COC(=O)c2ccc3c(c2)OCCO3)CCCC1. The summed E-state index contributed by atoms with van der Waals surface area (Å²) in [7, 11) is 0. The molecule has 1 aromatic rings. The number of nitrogens with one attached hydrogen (secondary N) is 1. The molecule has 1 amide bonds. The molecule has 0 atom stereocenters. The molecular formula is C17H18N2O5. The van der Waals surface area contributed by atoms with Crippen molar-refractivity contribution in [2.45, 2.75) is 31.2 Å². The van der Waals surface area contributed by atoms with Crippen molar-refractivity contribution in [3.8, 4) is 17.6 Å². The molecule has 0 radical (unpaired) electrons. The number of esters is 1. The lowest BCUT2D eigenvalue weighted by Crippen LogP contribution is -2.46. The summed E-state index contributed by atoms with van der Waals surface area (Å²) in [5, 5.41) is 11.9. The first-order valence-electron chi connectivity index (χ1n) is 7.91. The topological polar surface area (TPSA) is 97.7 Å². The Kier molecular flexibility index (Phi) is 4.56. The number of rotatable bonds is 4. The summed E-state index contributed by atoms with van der Waals surface area (Å²) >= 11 is 0. The van der Waals surface area contributed by atoms with Gasteiger partial charge in [-0.2, -0.15) is 5.26 Å². The first kappa shape index (κ1) is 16.1. The number of nitriles is 1. The summed E-state index contributed by atoms with van der Waals surface area (Å²) in [6.07, 6.45) is 3.08. The molecular weight excluding hydrogens is 312 g/mol. The molecule has 3 rings (SSSR count). The van der Waals surface area contributed by atoms with Crippen LogP contribution in [0.15, 0.2) is 18.2 Å². The number of carbonyl (C=O) groups is 2. The van der Waals surface area contributed by atoms with Crippen molar-refractivity contribution in [2.75, 3.05) is 19.8 Å². The highest BCUT2D eigenvalue weighted by atomic mass is 16.6. The average Bonchev–Trinajstić information content (AvgIpc) is 3.08. The second-order valence-corrected chi connectivity index (χ2v) is 5.88. The lowest BCUT2D eigenvalue weighted by atomic mass is 10.00. The zero-order valence-electron chi connectivity index (χ0n) is 13.2. The van der Waals surface area contributed by atoms with E-state index >= 15 is 0 Å². The van der Waals surface area contributed by atoms with Crippen LogP contribution in [0.5, 0.6) is 11.5 Å². The van der Waals surface area contributed by atoms with Crippen LogP contribution in [0.1, 0.15) is 36.0 Å². The Hall–Kier alpha value is -2.75. The van der Waals surface area contributed by atoms with E-state index in [1.165, 1.54) is 6.07 Å². The molecule has 1 aliphatic carbocycles. The minimum Gasteiger partial charge on any atom is -0.486 e. The second kappa shape index (κ2) is 6.79. The van der Waals surface area contributed by atoms with Crippen LogP contribution in [0.3, 0.4) is 0 Å². The van der Waals surface area contributed by atoms with Gasteiger partial charge >= 0.3 is 5.97 Å². The standard InChI is InChI=1S/C17H18N2O5/c18-11-17(5-1-2-6-17)19-15(20)10-24-16(21)12-3-4-13-14(9-12)23-8-7-22-13/h3-4,9H,1-2,5-8,10H2,(H,19,20). The number of hydrogen-bond acceptors (Lipinski definition) is 6. The Bertz CT molecular complexity index is 689. The van der Waals surface area contributed by atoms with Crippen molar-refractivity contribution >= 4 is 11.9 Å². The maximum Gasteiger partial charge on any atom is 0.338 e. The van der Waals surface area contributed by atoms with Gasteiger partial charge in [-0.05, 0) is 43.9 Å². The molecule has 1 fully saturated rings. The molecule has 7 heteroatoms. The smallest absolute Gasteiger partial charge is 0.338 e. The number of carbonyl (C=O) groups excluding carboxylic acids is 2. The molecule has 1 N–H and O–H groups in total. The highest BCUT2D eigenvalue weighted by molar-refractivity contribution is 5.92. The van der Waals surface area contributed by atoms with Crippen LogP contribution < -0.4 is 14.8 Å². The maximum atomic E-state index is 12.1. The van der Waals surface area contributed by atoms with Gasteiger partial charge in [-0.1, -0.05) is 0 Å². The number of amides is 1. The fourth-order valence-corrected chi connectivity index (χ4v) is 2.93. The highest BCUT2D eigenvalue weighted by Gasteiger charge is 2.35. The van der Waals surface area contributed by atoms with E-state index in [4.69, 9.17) is 14.2 Å². The first-order valence-corrected chi connectivity index (χ1v) is 7.91. The normalized spacial score (nSPS) is 17.6. The van der Waals surface area contributed by atoms with E-state index in [2.05, 4.69) is 11.4 Å².